The highest BCUT2D eigenvalue weighted by molar-refractivity contribution is 7.47. The number of hydrogen-bond donors (Lipinski definition) is 3. The van der Waals surface area contributed by atoms with E-state index in [1.807, 2.05) is 18.2 Å². The summed E-state index contributed by atoms with van der Waals surface area (Å²) in [7, 11) is -10.0. The van der Waals surface area contributed by atoms with Crippen molar-refractivity contribution in [2.45, 2.75) is 329 Å². The van der Waals surface area contributed by atoms with Gasteiger partial charge >= 0.3 is 39.5 Å². The molecule has 0 rings (SSSR count). The number of rotatable bonds is 76. The normalized spacial score (nSPS) is 14.7. The minimum Gasteiger partial charge on any atom is -0.462 e. The van der Waals surface area contributed by atoms with E-state index in [2.05, 4.69) is 180 Å². The van der Waals surface area contributed by atoms with Gasteiger partial charge in [0, 0.05) is 25.7 Å². The zero-order valence-electron chi connectivity index (χ0n) is 67.2. The van der Waals surface area contributed by atoms with Crippen LogP contribution in [0.15, 0.2) is 170 Å². The summed E-state index contributed by atoms with van der Waals surface area (Å²) in [5, 5.41) is 10.7. The number of aliphatic hydroxyl groups is 1. The van der Waals surface area contributed by atoms with Crippen LogP contribution >= 0.6 is 15.6 Å². The van der Waals surface area contributed by atoms with Crippen LogP contribution in [0.3, 0.4) is 0 Å². The van der Waals surface area contributed by atoms with Crippen LogP contribution in [0.2, 0.25) is 0 Å². The molecule has 19 heteroatoms. The molecule has 0 aliphatic rings. The molecule has 0 saturated carbocycles. The molecule has 614 valence electrons. The molecule has 5 atom stereocenters. The highest BCUT2D eigenvalue weighted by atomic mass is 31.2. The fourth-order valence-electron chi connectivity index (χ4n) is 10.3. The number of unbranched alkanes of at least 4 members (excludes halogenated alkanes) is 22. The molecule has 0 radical (unpaired) electrons. The van der Waals surface area contributed by atoms with Crippen molar-refractivity contribution in [2.24, 2.45) is 0 Å². The molecule has 0 spiro atoms. The zero-order valence-corrected chi connectivity index (χ0v) is 69.0. The summed E-state index contributed by atoms with van der Waals surface area (Å²) in [6, 6.07) is 0. The molecule has 3 N–H and O–H groups in total. The van der Waals surface area contributed by atoms with Crippen molar-refractivity contribution in [1.29, 1.82) is 0 Å². The maximum atomic E-state index is 13.1. The van der Waals surface area contributed by atoms with Gasteiger partial charge in [-0.3, -0.25) is 37.3 Å². The number of esters is 4. The van der Waals surface area contributed by atoms with Gasteiger partial charge in [-0.05, 0) is 173 Å². The number of hydrogen-bond acceptors (Lipinski definition) is 15. The van der Waals surface area contributed by atoms with Crippen molar-refractivity contribution < 1.29 is 80.2 Å². The van der Waals surface area contributed by atoms with Crippen molar-refractivity contribution >= 4 is 39.5 Å². The Balaban J connectivity index is 5.51. The van der Waals surface area contributed by atoms with E-state index in [9.17, 15) is 43.2 Å². The average Bonchev–Trinajstić information content (AvgIpc) is 0.899. The minimum atomic E-state index is -5.01. The fraction of sp³-hybridized carbons (Fsp3) is 0.640. The molecule has 0 aliphatic heterocycles. The van der Waals surface area contributed by atoms with Gasteiger partial charge in [0.2, 0.25) is 0 Å². The van der Waals surface area contributed by atoms with Crippen LogP contribution in [0.25, 0.3) is 0 Å². The lowest BCUT2D eigenvalue weighted by molar-refractivity contribution is -0.161. The van der Waals surface area contributed by atoms with Gasteiger partial charge in [-0.15, -0.1) is 0 Å². The quantitative estimate of drug-likeness (QED) is 0.0169. The summed E-state index contributed by atoms with van der Waals surface area (Å²) in [6.07, 6.45) is 94.8. The van der Waals surface area contributed by atoms with Crippen LogP contribution < -0.4 is 0 Å². The summed E-state index contributed by atoms with van der Waals surface area (Å²) in [6.45, 7) is 4.52. The monoisotopic (exact) mass is 1550 g/mol. The lowest BCUT2D eigenvalue weighted by Crippen LogP contribution is -2.30. The first-order valence-electron chi connectivity index (χ1n) is 41.4. The van der Waals surface area contributed by atoms with Crippen LogP contribution in [0.5, 0.6) is 0 Å². The molecule has 0 amide bonds. The highest BCUT2D eigenvalue weighted by Crippen LogP contribution is 2.45. The second-order valence-corrected chi connectivity index (χ2v) is 29.9. The number of aliphatic hydroxyl groups excluding tert-OH is 1. The van der Waals surface area contributed by atoms with E-state index >= 15 is 0 Å². The molecule has 0 aliphatic carbocycles. The Hall–Kier alpha value is -5.58. The van der Waals surface area contributed by atoms with E-state index in [-0.39, 0.29) is 25.7 Å². The predicted molar refractivity (Wildman–Crippen MR) is 445 cm³/mol. The summed E-state index contributed by atoms with van der Waals surface area (Å²) < 4.78 is 68.6. The van der Waals surface area contributed by atoms with Gasteiger partial charge in [0.05, 0.1) is 26.4 Å². The molecule has 108 heavy (non-hydrogen) atoms. The predicted octanol–water partition coefficient (Wildman–Crippen LogP) is 24.6. The van der Waals surface area contributed by atoms with E-state index in [0.717, 1.165) is 167 Å². The van der Waals surface area contributed by atoms with E-state index in [1.165, 1.54) is 57.8 Å². The zero-order chi connectivity index (χ0) is 78.9. The number of carbonyl (C=O) groups is 4. The van der Waals surface area contributed by atoms with Crippen molar-refractivity contribution in [1.82, 2.24) is 0 Å². The Bertz CT molecular complexity index is 2710. The highest BCUT2D eigenvalue weighted by Gasteiger charge is 2.30. The third kappa shape index (κ3) is 78.5. The number of phosphoric ester groups is 2. The van der Waals surface area contributed by atoms with Gasteiger partial charge in [0.15, 0.2) is 12.2 Å². The van der Waals surface area contributed by atoms with Gasteiger partial charge < -0.3 is 33.8 Å². The van der Waals surface area contributed by atoms with Gasteiger partial charge in [-0.2, -0.15) is 0 Å². The smallest absolute Gasteiger partial charge is 0.462 e. The Labute approximate surface area is 654 Å². The average molecular weight is 1550 g/mol. The van der Waals surface area contributed by atoms with E-state index in [4.69, 9.17) is 37.0 Å². The molecule has 2 unspecified atom stereocenters. The molecule has 0 aromatic carbocycles. The molecule has 0 bridgehead atoms. The lowest BCUT2D eigenvalue weighted by Gasteiger charge is -2.21. The maximum absolute atomic E-state index is 13.1. The Morgan fingerprint density at radius 3 is 0.806 bits per heavy atom. The molecular formula is C89H146O17P2. The van der Waals surface area contributed by atoms with Crippen LogP contribution in [0, 0.1) is 0 Å². The van der Waals surface area contributed by atoms with Crippen molar-refractivity contribution in [2.75, 3.05) is 39.6 Å². The number of allylic oxidation sites excluding steroid dienone is 28. The van der Waals surface area contributed by atoms with Crippen LogP contribution in [-0.2, 0) is 65.4 Å². The Morgan fingerprint density at radius 1 is 0.269 bits per heavy atom. The fourth-order valence-corrected chi connectivity index (χ4v) is 11.9. The summed E-state index contributed by atoms with van der Waals surface area (Å²) >= 11 is 0. The second-order valence-electron chi connectivity index (χ2n) is 27.0. The van der Waals surface area contributed by atoms with Crippen molar-refractivity contribution in [3.63, 3.8) is 0 Å². The van der Waals surface area contributed by atoms with Crippen LogP contribution in [-0.4, -0.2) is 96.7 Å². The summed E-state index contributed by atoms with van der Waals surface area (Å²) in [5.41, 5.74) is 0. The third-order valence-electron chi connectivity index (χ3n) is 16.6. The van der Waals surface area contributed by atoms with E-state index < -0.39 is 97.5 Å². The van der Waals surface area contributed by atoms with Gasteiger partial charge in [-0.1, -0.05) is 281 Å². The van der Waals surface area contributed by atoms with E-state index in [0.29, 0.717) is 32.1 Å². The number of phosphoric acid groups is 2. The Morgan fingerprint density at radius 2 is 0.500 bits per heavy atom. The van der Waals surface area contributed by atoms with Crippen LogP contribution in [0.1, 0.15) is 310 Å². The maximum Gasteiger partial charge on any atom is 0.472 e. The minimum absolute atomic E-state index is 0.0289. The van der Waals surface area contributed by atoms with Gasteiger partial charge in [0.1, 0.15) is 19.3 Å². The third-order valence-corrected chi connectivity index (χ3v) is 18.5. The summed E-state index contributed by atoms with van der Waals surface area (Å²) in [4.78, 5) is 73.1. The Kier molecular flexibility index (Phi) is 75.4. The summed E-state index contributed by atoms with van der Waals surface area (Å²) in [5.74, 6) is -2.35. The number of ether oxygens (including phenoxy) is 4. The molecule has 0 aromatic heterocycles. The standard InChI is InChI=1S/C89H146O17P2/c1-5-9-13-17-21-25-29-33-37-39-41-43-47-50-54-58-62-66-70-74-87(92)100-80-84(105-88(93)75-71-67-63-59-55-51-46-36-32-28-24-20-16-12-8-4)81-103-107(95,96)101-77-83(90)78-102-108(97,98)104-82-85(79-99-86(91)73-69-65-61-57-53-49-45-35-31-27-23-19-15-11-7-3)106-89(94)76-72-68-64-60-56-52-48-44-42-40-38-34-30-26-22-18-14-10-6-2/h10,14,21-28,33-38,41-46,50,52,54,56,62,66,83-85,90H,5-9,11-13,15-20,29-32,39-40,47-49,51,53,55,57-61,63-65,67-82H2,1-4H3,(H,95,96)(H,97,98)/b14-10-,25-21-,26-22-,27-23-,28-24-,37-33-,38-34-,43-41-,44-42-,45-35-,46-36-,54-50-,56-52-,66-62-/t83-,84-,85-/m1/s1. The second kappa shape index (κ2) is 79.5. The lowest BCUT2D eigenvalue weighted by atomic mass is 10.1. The molecule has 0 aromatic rings. The first-order valence-corrected chi connectivity index (χ1v) is 44.4. The van der Waals surface area contributed by atoms with Crippen molar-refractivity contribution in [3.05, 3.63) is 170 Å². The van der Waals surface area contributed by atoms with E-state index in [1.54, 1.807) is 0 Å². The van der Waals surface area contributed by atoms with Gasteiger partial charge in [-0.25, -0.2) is 9.13 Å². The first kappa shape index (κ1) is 102. The molecule has 0 saturated heterocycles. The van der Waals surface area contributed by atoms with Crippen molar-refractivity contribution in [3.8, 4) is 0 Å². The SMILES string of the molecule is CC/C=C\C/C=C\C/C=C\C/C=C\C/C=C\CCCCCC(=O)O[C@H](COC(=O)CCCCCCC/C=C\C/C=C\CCCCC)COP(=O)(O)OC[C@H](O)COP(=O)(O)OC[C@@H](COC(=O)CC/C=C\C/C=C\C/C=C\C/C=C\C/C=C\CCCCC)OC(=O)CCCCCCC/C=C\C/C=C\CCCCC. The van der Waals surface area contributed by atoms with Crippen LogP contribution in [0.4, 0.5) is 0 Å². The molecule has 17 nitrogen and oxygen atoms in total. The first-order chi connectivity index (χ1) is 52.7. The molecular weight excluding hydrogens is 1400 g/mol. The molecule has 0 heterocycles. The number of carbonyl (C=O) groups excluding carboxylic acids is 4. The largest absolute Gasteiger partial charge is 0.472 e. The topological polar surface area (TPSA) is 237 Å². The molecule has 0 fully saturated rings. The van der Waals surface area contributed by atoms with Gasteiger partial charge in [0.25, 0.3) is 0 Å².